The number of halogens is 1. The predicted molar refractivity (Wildman–Crippen MR) is 60.1 cm³/mol. The monoisotopic (exact) mass is 219 g/mol. The molecule has 0 saturated heterocycles. The first-order valence-corrected chi connectivity index (χ1v) is 5.79. The molecule has 0 amide bonds. The summed E-state index contributed by atoms with van der Waals surface area (Å²) < 4.78 is 13.6. The quantitative estimate of drug-likeness (QED) is 0.711. The largest absolute Gasteiger partial charge is 0.388 e. The van der Waals surface area contributed by atoms with Crippen molar-refractivity contribution in [1.82, 2.24) is 0 Å². The minimum Gasteiger partial charge on any atom is -0.388 e. The van der Waals surface area contributed by atoms with Gasteiger partial charge in [0.05, 0.1) is 5.71 Å². The van der Waals surface area contributed by atoms with Crippen molar-refractivity contribution in [1.29, 1.82) is 0 Å². The molecule has 1 saturated carbocycles. The maximum absolute atomic E-state index is 13.6. The Labute approximate surface area is 94.1 Å². The van der Waals surface area contributed by atoms with Crippen LogP contribution in [0, 0.1) is 5.92 Å². The summed E-state index contributed by atoms with van der Waals surface area (Å²) in [6.45, 7) is 0. The lowest BCUT2D eigenvalue weighted by Crippen LogP contribution is -2.36. The van der Waals surface area contributed by atoms with Crippen LogP contribution in [0.5, 0.6) is 0 Å². The van der Waals surface area contributed by atoms with Gasteiger partial charge in [0, 0.05) is 5.92 Å². The normalized spacial score (nSPS) is 32.8. The van der Waals surface area contributed by atoms with Crippen molar-refractivity contribution >= 4 is 5.71 Å². The molecule has 16 heavy (non-hydrogen) atoms. The van der Waals surface area contributed by atoms with E-state index in [1.54, 1.807) is 0 Å². The van der Waals surface area contributed by atoms with Gasteiger partial charge in [-0.3, -0.25) is 0 Å². The van der Waals surface area contributed by atoms with Crippen LogP contribution in [0.2, 0.25) is 0 Å². The first kappa shape index (κ1) is 9.82. The second-order valence-electron chi connectivity index (χ2n) is 4.47. The number of fused-ring (bicyclic) bond motifs is 1. The standard InChI is InChI=1S/C13H14FNO/c14-11-8-4-7-10-12(15-16-13(10)11)9-5-2-1-3-6-9/h1-3,5-6,10-11,13H,4,7-8H2. The lowest BCUT2D eigenvalue weighted by Gasteiger charge is -2.26. The first-order valence-electron chi connectivity index (χ1n) is 5.79. The van der Waals surface area contributed by atoms with Crippen LogP contribution in [0.15, 0.2) is 35.5 Å². The molecule has 3 atom stereocenters. The second-order valence-corrected chi connectivity index (χ2v) is 4.47. The third kappa shape index (κ3) is 1.51. The van der Waals surface area contributed by atoms with Crippen molar-refractivity contribution in [3.63, 3.8) is 0 Å². The van der Waals surface area contributed by atoms with Gasteiger partial charge >= 0.3 is 0 Å². The van der Waals surface area contributed by atoms with Crippen molar-refractivity contribution in [3.8, 4) is 0 Å². The van der Waals surface area contributed by atoms with Gasteiger partial charge in [-0.05, 0) is 24.8 Å². The van der Waals surface area contributed by atoms with E-state index < -0.39 is 6.17 Å². The molecule has 2 aliphatic rings. The number of hydrogen-bond acceptors (Lipinski definition) is 2. The topological polar surface area (TPSA) is 21.6 Å². The maximum Gasteiger partial charge on any atom is 0.166 e. The molecular weight excluding hydrogens is 205 g/mol. The molecule has 3 unspecified atom stereocenters. The third-order valence-electron chi connectivity index (χ3n) is 3.44. The molecule has 0 N–H and O–H groups in total. The lowest BCUT2D eigenvalue weighted by atomic mass is 9.81. The summed E-state index contributed by atoms with van der Waals surface area (Å²) in [6.07, 6.45) is 1.32. The summed E-state index contributed by atoms with van der Waals surface area (Å²) in [5, 5.41) is 4.08. The van der Waals surface area contributed by atoms with Gasteiger partial charge in [-0.2, -0.15) is 0 Å². The molecule has 0 radical (unpaired) electrons. The Kier molecular flexibility index (Phi) is 2.39. The number of alkyl halides is 1. The van der Waals surface area contributed by atoms with Crippen LogP contribution < -0.4 is 0 Å². The number of rotatable bonds is 1. The zero-order valence-electron chi connectivity index (χ0n) is 8.97. The highest BCUT2D eigenvalue weighted by atomic mass is 19.1. The van der Waals surface area contributed by atoms with Crippen LogP contribution in [0.3, 0.4) is 0 Å². The lowest BCUT2D eigenvalue weighted by molar-refractivity contribution is -0.0181. The molecule has 1 aromatic carbocycles. The fourth-order valence-electron chi connectivity index (χ4n) is 2.61. The zero-order valence-corrected chi connectivity index (χ0v) is 8.97. The second kappa shape index (κ2) is 3.89. The van der Waals surface area contributed by atoms with Crippen molar-refractivity contribution in [2.24, 2.45) is 11.1 Å². The van der Waals surface area contributed by atoms with Crippen LogP contribution in [0.25, 0.3) is 0 Å². The Morgan fingerprint density at radius 2 is 2.00 bits per heavy atom. The summed E-state index contributed by atoms with van der Waals surface area (Å²) >= 11 is 0. The van der Waals surface area contributed by atoms with Crippen LogP contribution >= 0.6 is 0 Å². The van der Waals surface area contributed by atoms with E-state index in [2.05, 4.69) is 5.16 Å². The fourth-order valence-corrected chi connectivity index (χ4v) is 2.61. The van der Waals surface area contributed by atoms with Crippen molar-refractivity contribution < 1.29 is 9.23 Å². The highest BCUT2D eigenvalue weighted by molar-refractivity contribution is 6.03. The number of hydrogen-bond donors (Lipinski definition) is 0. The zero-order chi connectivity index (χ0) is 11.0. The SMILES string of the molecule is FC1CCCC2C(c3ccccc3)=NOC12. The molecule has 1 fully saturated rings. The van der Waals surface area contributed by atoms with E-state index in [0.717, 1.165) is 24.1 Å². The van der Waals surface area contributed by atoms with E-state index in [4.69, 9.17) is 4.84 Å². The van der Waals surface area contributed by atoms with Crippen LogP contribution in [0.4, 0.5) is 4.39 Å². The molecule has 0 spiro atoms. The van der Waals surface area contributed by atoms with Gasteiger partial charge in [0.15, 0.2) is 6.10 Å². The van der Waals surface area contributed by atoms with E-state index in [1.807, 2.05) is 30.3 Å². The Morgan fingerprint density at radius 3 is 2.81 bits per heavy atom. The fraction of sp³-hybridized carbons (Fsp3) is 0.462. The molecule has 3 heteroatoms. The van der Waals surface area contributed by atoms with Crippen molar-refractivity contribution in [3.05, 3.63) is 35.9 Å². The molecule has 1 aliphatic carbocycles. The molecule has 3 rings (SSSR count). The van der Waals surface area contributed by atoms with Crippen LogP contribution in [0.1, 0.15) is 24.8 Å². The van der Waals surface area contributed by atoms with Crippen molar-refractivity contribution in [2.45, 2.75) is 31.5 Å². The Morgan fingerprint density at radius 1 is 1.19 bits per heavy atom. The molecule has 1 heterocycles. The summed E-state index contributed by atoms with van der Waals surface area (Å²) in [5.41, 5.74) is 1.98. The van der Waals surface area contributed by atoms with E-state index in [9.17, 15) is 4.39 Å². The summed E-state index contributed by atoms with van der Waals surface area (Å²) in [5.74, 6) is 0.145. The highest BCUT2D eigenvalue weighted by Gasteiger charge is 2.42. The van der Waals surface area contributed by atoms with Gasteiger partial charge in [0.2, 0.25) is 0 Å². The minimum atomic E-state index is -0.858. The molecule has 0 aromatic heterocycles. The maximum atomic E-state index is 13.6. The van der Waals surface area contributed by atoms with Crippen molar-refractivity contribution in [2.75, 3.05) is 0 Å². The smallest absolute Gasteiger partial charge is 0.166 e. The molecule has 0 bridgehead atoms. The van der Waals surface area contributed by atoms with Gasteiger partial charge in [0.25, 0.3) is 0 Å². The van der Waals surface area contributed by atoms with E-state index >= 15 is 0 Å². The van der Waals surface area contributed by atoms with E-state index in [1.165, 1.54) is 0 Å². The third-order valence-corrected chi connectivity index (χ3v) is 3.44. The van der Waals surface area contributed by atoms with Gasteiger partial charge in [-0.15, -0.1) is 0 Å². The van der Waals surface area contributed by atoms with E-state index in [0.29, 0.717) is 6.42 Å². The minimum absolute atomic E-state index is 0.145. The molecular formula is C13H14FNO. The Balaban J connectivity index is 1.88. The van der Waals surface area contributed by atoms with Gasteiger partial charge in [-0.1, -0.05) is 35.5 Å². The molecule has 1 aliphatic heterocycles. The highest BCUT2D eigenvalue weighted by Crippen LogP contribution is 2.36. The average Bonchev–Trinajstić information content (AvgIpc) is 2.75. The number of oxime groups is 1. The van der Waals surface area contributed by atoms with Gasteiger partial charge in [0.1, 0.15) is 6.17 Å². The average molecular weight is 219 g/mol. The predicted octanol–water partition coefficient (Wildman–Crippen LogP) is 2.93. The Hall–Kier alpha value is -1.38. The first-order chi connectivity index (χ1) is 7.86. The summed E-state index contributed by atoms with van der Waals surface area (Å²) in [7, 11) is 0. The molecule has 2 nitrogen and oxygen atoms in total. The number of benzene rings is 1. The van der Waals surface area contributed by atoms with Gasteiger partial charge < -0.3 is 4.84 Å². The summed E-state index contributed by atoms with van der Waals surface area (Å²) in [4.78, 5) is 5.25. The Bertz CT molecular complexity index is 404. The summed E-state index contributed by atoms with van der Waals surface area (Å²) in [6, 6.07) is 9.93. The number of nitrogens with zero attached hydrogens (tertiary/aromatic N) is 1. The van der Waals surface area contributed by atoms with Crippen LogP contribution in [-0.2, 0) is 4.84 Å². The molecule has 84 valence electrons. The van der Waals surface area contributed by atoms with Crippen LogP contribution in [-0.4, -0.2) is 18.0 Å². The van der Waals surface area contributed by atoms with Gasteiger partial charge in [-0.25, -0.2) is 4.39 Å². The molecule has 1 aromatic rings. The van der Waals surface area contributed by atoms with E-state index in [-0.39, 0.29) is 12.0 Å².